The van der Waals surface area contributed by atoms with E-state index in [1.165, 1.54) is 17.3 Å². The molecule has 0 saturated carbocycles. The number of thioether (sulfide) groups is 1. The lowest BCUT2D eigenvalue weighted by atomic mass is 9.87. The van der Waals surface area contributed by atoms with Crippen LogP contribution in [0, 0.1) is 0 Å². The van der Waals surface area contributed by atoms with Crippen molar-refractivity contribution in [1.29, 1.82) is 0 Å². The van der Waals surface area contributed by atoms with Crippen molar-refractivity contribution in [2.45, 2.75) is 83.3 Å². The van der Waals surface area contributed by atoms with Gasteiger partial charge in [-0.15, -0.1) is 10.2 Å². The largest absolute Gasteiger partial charge is 0.333 e. The predicted octanol–water partition coefficient (Wildman–Crippen LogP) is 4.37. The number of rotatable bonds is 5. The number of aromatic nitrogens is 3. The summed E-state index contributed by atoms with van der Waals surface area (Å²) in [5, 5.41) is 13.9. The zero-order chi connectivity index (χ0) is 22.7. The molecule has 2 N–H and O–H groups in total. The molecule has 1 aromatic carbocycles. The van der Waals surface area contributed by atoms with Crippen molar-refractivity contribution in [3.05, 3.63) is 29.8 Å². The minimum atomic E-state index is -0.503. The van der Waals surface area contributed by atoms with E-state index in [1.54, 1.807) is 6.92 Å². The van der Waals surface area contributed by atoms with E-state index in [0.717, 1.165) is 11.4 Å². The fourth-order valence-electron chi connectivity index (χ4n) is 2.79. The molecule has 0 aliphatic rings. The van der Waals surface area contributed by atoms with E-state index >= 15 is 0 Å². The van der Waals surface area contributed by atoms with Crippen LogP contribution in [0.4, 0.5) is 4.79 Å². The molecule has 8 heteroatoms. The fourth-order valence-corrected chi connectivity index (χ4v) is 3.70. The van der Waals surface area contributed by atoms with Gasteiger partial charge in [-0.05, 0) is 45.6 Å². The average molecular weight is 432 g/mol. The number of nitrogens with zero attached hydrogens (tertiary/aromatic N) is 3. The number of imide groups is 1. The first kappa shape index (κ1) is 23.9. The molecule has 30 heavy (non-hydrogen) atoms. The maximum Gasteiger partial charge on any atom is 0.321 e. The molecule has 164 valence electrons. The molecule has 0 radical (unpaired) electrons. The van der Waals surface area contributed by atoms with Gasteiger partial charge in [0.25, 0.3) is 0 Å². The minimum absolute atomic E-state index is 0.0834. The number of benzene rings is 1. The van der Waals surface area contributed by atoms with Crippen LogP contribution >= 0.6 is 11.8 Å². The number of hydrogen-bond donors (Lipinski definition) is 2. The van der Waals surface area contributed by atoms with Gasteiger partial charge in [-0.2, -0.15) is 0 Å². The van der Waals surface area contributed by atoms with Crippen molar-refractivity contribution < 1.29 is 9.59 Å². The third-order valence-corrected chi connectivity index (χ3v) is 5.50. The minimum Gasteiger partial charge on any atom is -0.333 e. The lowest BCUT2D eigenvalue weighted by molar-refractivity contribution is -0.119. The topological polar surface area (TPSA) is 88.9 Å². The molecule has 7 nitrogen and oxygen atoms in total. The summed E-state index contributed by atoms with van der Waals surface area (Å²) in [4.78, 5) is 24.4. The van der Waals surface area contributed by atoms with Crippen LogP contribution in [0.25, 0.3) is 11.4 Å². The van der Waals surface area contributed by atoms with Crippen LogP contribution in [0.5, 0.6) is 0 Å². The van der Waals surface area contributed by atoms with Crippen LogP contribution in [0.3, 0.4) is 0 Å². The van der Waals surface area contributed by atoms with E-state index in [2.05, 4.69) is 65.9 Å². The first-order chi connectivity index (χ1) is 13.8. The molecule has 1 atom stereocenters. The average Bonchev–Trinajstić information content (AvgIpc) is 3.01. The molecule has 1 aromatic heterocycles. The molecule has 0 saturated heterocycles. The molecule has 2 rings (SSSR count). The molecule has 0 spiro atoms. The maximum absolute atomic E-state index is 12.4. The number of carbonyl (C=O) groups is 2. The summed E-state index contributed by atoms with van der Waals surface area (Å²) in [5.41, 5.74) is 1.90. The van der Waals surface area contributed by atoms with Crippen molar-refractivity contribution in [2.75, 3.05) is 0 Å². The smallest absolute Gasteiger partial charge is 0.321 e. The van der Waals surface area contributed by atoms with Crippen LogP contribution in [0.15, 0.2) is 29.4 Å². The number of amides is 3. The Morgan fingerprint density at radius 2 is 1.67 bits per heavy atom. The Hall–Kier alpha value is -2.35. The van der Waals surface area contributed by atoms with E-state index < -0.39 is 16.8 Å². The van der Waals surface area contributed by atoms with E-state index in [4.69, 9.17) is 0 Å². The number of nitrogens with one attached hydrogen (secondary N) is 2. The quantitative estimate of drug-likeness (QED) is 0.686. The first-order valence-electron chi connectivity index (χ1n) is 10.2. The molecule has 0 aliphatic heterocycles. The highest BCUT2D eigenvalue weighted by molar-refractivity contribution is 8.00. The summed E-state index contributed by atoms with van der Waals surface area (Å²) < 4.78 is 1.98. The molecular weight excluding hydrogens is 398 g/mol. The Kier molecular flexibility index (Phi) is 7.34. The first-order valence-corrected chi connectivity index (χ1v) is 11.0. The summed E-state index contributed by atoms with van der Waals surface area (Å²) in [5.74, 6) is 0.391. The lowest BCUT2D eigenvalue weighted by Crippen LogP contribution is -2.49. The second-order valence-corrected chi connectivity index (χ2v) is 10.6. The molecule has 0 fully saturated rings. The monoisotopic (exact) mass is 431 g/mol. The molecule has 2 aromatic rings. The fraction of sp³-hybridized carbons (Fsp3) is 0.545. The van der Waals surface area contributed by atoms with Crippen molar-refractivity contribution in [1.82, 2.24) is 25.4 Å². The summed E-state index contributed by atoms with van der Waals surface area (Å²) in [7, 11) is 0. The van der Waals surface area contributed by atoms with E-state index in [9.17, 15) is 9.59 Å². The Bertz CT molecular complexity index is 892. The highest BCUT2D eigenvalue weighted by Crippen LogP contribution is 2.29. The van der Waals surface area contributed by atoms with Crippen LogP contribution in [-0.2, 0) is 16.8 Å². The summed E-state index contributed by atoms with van der Waals surface area (Å²) in [6.45, 7) is 16.5. The summed E-state index contributed by atoms with van der Waals surface area (Å²) in [6.07, 6.45) is 0. The van der Waals surface area contributed by atoms with Crippen LogP contribution in [0.1, 0.15) is 61.0 Å². The maximum atomic E-state index is 12.4. The standard InChI is InChI=1S/C22H33N5O2S/c1-9-27-17(15-10-12-16(13-11-15)21(3,4)5)25-26-20(27)30-14(2)18(28)23-19(29)24-22(6,7)8/h10-14H,9H2,1-8H3,(H2,23,24,28,29). The van der Waals surface area contributed by atoms with Gasteiger partial charge in [-0.3, -0.25) is 10.1 Å². The molecular formula is C22H33N5O2S. The molecule has 0 aliphatic carbocycles. The molecule has 3 amide bonds. The van der Waals surface area contributed by atoms with Gasteiger partial charge in [0, 0.05) is 17.6 Å². The van der Waals surface area contributed by atoms with Crippen LogP contribution < -0.4 is 10.6 Å². The molecule has 1 unspecified atom stereocenters. The van der Waals surface area contributed by atoms with E-state index in [-0.39, 0.29) is 11.3 Å². The van der Waals surface area contributed by atoms with Crippen molar-refractivity contribution in [3.8, 4) is 11.4 Å². The number of carbonyl (C=O) groups excluding carboxylic acids is 2. The van der Waals surface area contributed by atoms with Gasteiger partial charge in [-0.25, -0.2) is 4.79 Å². The normalized spacial score (nSPS) is 13.1. The second-order valence-electron chi connectivity index (χ2n) is 9.33. The Morgan fingerprint density at radius 3 is 2.17 bits per heavy atom. The Balaban J connectivity index is 2.13. The van der Waals surface area contributed by atoms with Gasteiger partial charge in [-0.1, -0.05) is 56.8 Å². The highest BCUT2D eigenvalue weighted by atomic mass is 32.2. The van der Waals surface area contributed by atoms with Crippen molar-refractivity contribution in [2.24, 2.45) is 0 Å². The van der Waals surface area contributed by atoms with Crippen molar-refractivity contribution >= 4 is 23.7 Å². The highest BCUT2D eigenvalue weighted by Gasteiger charge is 2.23. The zero-order valence-electron chi connectivity index (χ0n) is 19.2. The number of hydrogen-bond acceptors (Lipinski definition) is 5. The van der Waals surface area contributed by atoms with Gasteiger partial charge in [0.2, 0.25) is 5.91 Å². The van der Waals surface area contributed by atoms with E-state index in [1.807, 2.05) is 32.3 Å². The molecule has 0 bridgehead atoms. The van der Waals surface area contributed by atoms with Gasteiger partial charge in [0.05, 0.1) is 5.25 Å². The Labute approximate surface area is 183 Å². The second kappa shape index (κ2) is 9.20. The summed E-state index contributed by atoms with van der Waals surface area (Å²) >= 11 is 1.28. The zero-order valence-corrected chi connectivity index (χ0v) is 20.0. The Morgan fingerprint density at radius 1 is 1.07 bits per heavy atom. The predicted molar refractivity (Wildman–Crippen MR) is 122 cm³/mol. The van der Waals surface area contributed by atoms with E-state index in [0.29, 0.717) is 11.7 Å². The third-order valence-electron chi connectivity index (χ3n) is 4.42. The molecule has 1 heterocycles. The van der Waals surface area contributed by atoms with Crippen LogP contribution in [-0.4, -0.2) is 37.5 Å². The van der Waals surface area contributed by atoms with Crippen LogP contribution in [0.2, 0.25) is 0 Å². The lowest BCUT2D eigenvalue weighted by Gasteiger charge is -2.21. The van der Waals surface area contributed by atoms with Crippen molar-refractivity contribution in [3.63, 3.8) is 0 Å². The van der Waals surface area contributed by atoms with Gasteiger partial charge < -0.3 is 9.88 Å². The van der Waals surface area contributed by atoms with Gasteiger partial charge >= 0.3 is 6.03 Å². The van der Waals surface area contributed by atoms with Gasteiger partial charge in [0.1, 0.15) is 0 Å². The van der Waals surface area contributed by atoms with Gasteiger partial charge in [0.15, 0.2) is 11.0 Å². The third kappa shape index (κ3) is 6.32. The summed E-state index contributed by atoms with van der Waals surface area (Å²) in [6, 6.07) is 7.83. The SMILES string of the molecule is CCn1c(SC(C)C(=O)NC(=O)NC(C)(C)C)nnc1-c1ccc(C(C)(C)C)cc1. The number of urea groups is 1.